The van der Waals surface area contributed by atoms with Crippen LogP contribution in [0.3, 0.4) is 0 Å². The molecule has 3 N–H and O–H groups in total. The van der Waals surface area contributed by atoms with E-state index in [9.17, 15) is 0 Å². The number of rotatable bonds is 11. The van der Waals surface area contributed by atoms with Gasteiger partial charge >= 0.3 is 0 Å². The number of aromatic nitrogens is 1. The van der Waals surface area contributed by atoms with Crippen LogP contribution in [0.1, 0.15) is 18.7 Å². The molecule has 0 fully saturated rings. The van der Waals surface area contributed by atoms with Crippen LogP contribution < -0.4 is 11.3 Å². The molecule has 1 aromatic rings. The average molecular weight is 288 g/mol. The first-order valence-electron chi connectivity index (χ1n) is 6.59. The Bertz CT molecular complexity index is 325. The molecule has 0 saturated carbocycles. The number of nitrogen functional groups attached to an aromatic ring is 1. The fraction of sp³-hybridized carbons (Fsp3) is 0.750. The predicted molar refractivity (Wildman–Crippen MR) is 78.2 cm³/mol. The minimum Gasteiger partial charge on any atom is -0.380 e. The van der Waals surface area contributed by atoms with E-state index in [1.54, 1.807) is 11.3 Å². The van der Waals surface area contributed by atoms with Crippen molar-refractivity contribution in [2.45, 2.75) is 20.4 Å². The molecule has 0 atom stereocenters. The van der Waals surface area contributed by atoms with E-state index in [0.717, 1.165) is 51.2 Å². The van der Waals surface area contributed by atoms with Gasteiger partial charge in [0.15, 0.2) is 5.13 Å². The third kappa shape index (κ3) is 6.84. The van der Waals surface area contributed by atoms with Gasteiger partial charge in [0, 0.05) is 43.9 Å². The Morgan fingerprint density at radius 2 is 1.89 bits per heavy atom. The third-order valence-electron chi connectivity index (χ3n) is 2.57. The van der Waals surface area contributed by atoms with Crippen molar-refractivity contribution in [3.05, 3.63) is 11.1 Å². The number of nitrogens with one attached hydrogen (secondary N) is 1. The number of hydrogen-bond donors (Lipinski definition) is 2. The molecule has 6 nitrogen and oxygen atoms in total. The van der Waals surface area contributed by atoms with Crippen molar-refractivity contribution in [1.29, 1.82) is 0 Å². The Hall–Kier alpha value is -0.730. The number of hydrogen-bond acceptors (Lipinski definition) is 7. The molecule has 7 heteroatoms. The van der Waals surface area contributed by atoms with Crippen molar-refractivity contribution in [3.63, 3.8) is 0 Å². The van der Waals surface area contributed by atoms with Crippen LogP contribution in [-0.4, -0.2) is 49.4 Å². The largest absolute Gasteiger partial charge is 0.380 e. The number of anilines is 1. The Kier molecular flexibility index (Phi) is 8.68. The van der Waals surface area contributed by atoms with E-state index >= 15 is 0 Å². The third-order valence-corrected chi connectivity index (χ3v) is 3.48. The molecule has 0 spiro atoms. The maximum atomic E-state index is 5.41. The van der Waals surface area contributed by atoms with Gasteiger partial charge in [-0.05, 0) is 13.8 Å². The van der Waals surface area contributed by atoms with Gasteiger partial charge < -0.3 is 9.47 Å². The second-order valence-corrected chi connectivity index (χ2v) is 5.06. The van der Waals surface area contributed by atoms with Gasteiger partial charge in [-0.2, -0.15) is 0 Å². The molecule has 0 bridgehead atoms. The molecule has 0 aliphatic heterocycles. The molecule has 0 radical (unpaired) electrons. The molecule has 1 rings (SSSR count). The lowest BCUT2D eigenvalue weighted by Gasteiger charge is -2.21. The zero-order valence-corrected chi connectivity index (χ0v) is 12.5. The highest BCUT2D eigenvalue weighted by molar-refractivity contribution is 7.15. The molecule has 0 aliphatic rings. The number of nitrogens with zero attached hydrogens (tertiary/aromatic N) is 2. The molecule has 0 aliphatic carbocycles. The molecule has 0 unspecified atom stereocenters. The molecule has 19 heavy (non-hydrogen) atoms. The predicted octanol–water partition coefficient (Wildman–Crippen LogP) is 1.30. The fourth-order valence-electron chi connectivity index (χ4n) is 1.61. The lowest BCUT2D eigenvalue weighted by atomic mass is 10.4. The summed E-state index contributed by atoms with van der Waals surface area (Å²) in [6, 6.07) is 0. The van der Waals surface area contributed by atoms with Crippen LogP contribution in [-0.2, 0) is 16.0 Å². The Morgan fingerprint density at radius 3 is 2.37 bits per heavy atom. The van der Waals surface area contributed by atoms with Gasteiger partial charge in [-0.3, -0.25) is 10.3 Å². The highest BCUT2D eigenvalue weighted by Gasteiger charge is 2.08. The zero-order chi connectivity index (χ0) is 13.9. The van der Waals surface area contributed by atoms with Crippen LogP contribution in [0.15, 0.2) is 6.20 Å². The summed E-state index contributed by atoms with van der Waals surface area (Å²) in [5.41, 5.74) is 2.56. The number of hydrazine groups is 1. The minimum atomic E-state index is 0.740. The van der Waals surface area contributed by atoms with Crippen molar-refractivity contribution < 1.29 is 9.47 Å². The molecule has 0 amide bonds. The van der Waals surface area contributed by atoms with Crippen molar-refractivity contribution >= 4 is 16.5 Å². The normalized spacial score (nSPS) is 11.2. The lowest BCUT2D eigenvalue weighted by Crippen LogP contribution is -2.30. The minimum absolute atomic E-state index is 0.740. The summed E-state index contributed by atoms with van der Waals surface area (Å²) in [6.45, 7) is 9.63. The first-order chi connectivity index (χ1) is 9.30. The van der Waals surface area contributed by atoms with Gasteiger partial charge in [-0.15, -0.1) is 0 Å². The lowest BCUT2D eigenvalue weighted by molar-refractivity contribution is 0.0802. The number of thiazole rings is 1. The summed E-state index contributed by atoms with van der Waals surface area (Å²) in [6.07, 6.45) is 1.86. The number of nitrogens with two attached hydrogens (primary N) is 1. The smallest absolute Gasteiger partial charge is 0.197 e. The highest BCUT2D eigenvalue weighted by atomic mass is 32.1. The second kappa shape index (κ2) is 10.1. The van der Waals surface area contributed by atoms with E-state index in [2.05, 4.69) is 15.3 Å². The van der Waals surface area contributed by atoms with Crippen molar-refractivity contribution in [1.82, 2.24) is 9.88 Å². The van der Waals surface area contributed by atoms with Crippen LogP contribution >= 0.6 is 11.3 Å². The summed E-state index contributed by atoms with van der Waals surface area (Å²) >= 11 is 1.57. The van der Waals surface area contributed by atoms with Gasteiger partial charge in [-0.25, -0.2) is 10.8 Å². The van der Waals surface area contributed by atoms with E-state index in [1.807, 2.05) is 20.0 Å². The monoisotopic (exact) mass is 288 g/mol. The molecule has 110 valence electrons. The van der Waals surface area contributed by atoms with Gasteiger partial charge in [0.05, 0.1) is 13.2 Å². The van der Waals surface area contributed by atoms with E-state index < -0.39 is 0 Å². The standard InChI is InChI=1S/C12H24N4O2S/c1-3-17-7-5-16(6-8-18-4-2)10-11-9-14-12(15-13)19-11/h9H,3-8,10,13H2,1-2H3,(H,14,15). The van der Waals surface area contributed by atoms with Crippen molar-refractivity contribution in [3.8, 4) is 0 Å². The molecular weight excluding hydrogens is 264 g/mol. The molecular formula is C12H24N4O2S. The molecule has 1 aromatic heterocycles. The molecule has 1 heterocycles. The maximum Gasteiger partial charge on any atom is 0.197 e. The summed E-state index contributed by atoms with van der Waals surface area (Å²) in [5, 5.41) is 0.740. The topological polar surface area (TPSA) is 72.6 Å². The van der Waals surface area contributed by atoms with Crippen LogP contribution in [0, 0.1) is 0 Å². The summed E-state index contributed by atoms with van der Waals surface area (Å²) in [7, 11) is 0. The molecule has 0 saturated heterocycles. The van der Waals surface area contributed by atoms with E-state index in [0.29, 0.717) is 0 Å². The van der Waals surface area contributed by atoms with Gasteiger partial charge in [-0.1, -0.05) is 11.3 Å². The van der Waals surface area contributed by atoms with Crippen molar-refractivity contribution in [2.24, 2.45) is 5.84 Å². The van der Waals surface area contributed by atoms with Crippen LogP contribution in [0.4, 0.5) is 5.13 Å². The average Bonchev–Trinajstić information content (AvgIpc) is 2.87. The fourth-order valence-corrected chi connectivity index (χ4v) is 2.38. The number of ether oxygens (including phenoxy) is 2. The Balaban J connectivity index is 2.41. The first kappa shape index (κ1) is 16.3. The summed E-state index contributed by atoms with van der Waals surface area (Å²) < 4.78 is 10.8. The summed E-state index contributed by atoms with van der Waals surface area (Å²) in [5.74, 6) is 5.33. The Morgan fingerprint density at radius 1 is 1.26 bits per heavy atom. The van der Waals surface area contributed by atoms with Crippen molar-refractivity contribution in [2.75, 3.05) is 44.9 Å². The van der Waals surface area contributed by atoms with Crippen LogP contribution in [0.2, 0.25) is 0 Å². The SMILES string of the molecule is CCOCCN(CCOCC)Cc1cnc(NN)s1. The zero-order valence-electron chi connectivity index (χ0n) is 11.7. The van der Waals surface area contributed by atoms with Crippen LogP contribution in [0.5, 0.6) is 0 Å². The second-order valence-electron chi connectivity index (χ2n) is 3.95. The van der Waals surface area contributed by atoms with E-state index in [1.165, 1.54) is 4.88 Å². The Labute approximate surface area is 118 Å². The van der Waals surface area contributed by atoms with E-state index in [4.69, 9.17) is 15.3 Å². The highest BCUT2D eigenvalue weighted by Crippen LogP contribution is 2.18. The first-order valence-corrected chi connectivity index (χ1v) is 7.41. The van der Waals surface area contributed by atoms with Crippen LogP contribution in [0.25, 0.3) is 0 Å². The molecule has 0 aromatic carbocycles. The van der Waals surface area contributed by atoms with E-state index in [-0.39, 0.29) is 0 Å². The quantitative estimate of drug-likeness (QED) is 0.363. The summed E-state index contributed by atoms with van der Waals surface area (Å²) in [4.78, 5) is 7.66. The van der Waals surface area contributed by atoms with Gasteiger partial charge in [0.25, 0.3) is 0 Å². The van der Waals surface area contributed by atoms with Gasteiger partial charge in [0.1, 0.15) is 0 Å². The maximum absolute atomic E-state index is 5.41. The van der Waals surface area contributed by atoms with Gasteiger partial charge in [0.2, 0.25) is 0 Å².